The van der Waals surface area contributed by atoms with Gasteiger partial charge in [0, 0.05) is 24.3 Å². The van der Waals surface area contributed by atoms with E-state index in [0.29, 0.717) is 24.7 Å². The fourth-order valence-corrected chi connectivity index (χ4v) is 3.82. The third kappa shape index (κ3) is 4.98. The number of morpholine rings is 1. The molecule has 178 valence electrons. The Bertz CT molecular complexity index is 1320. The number of carbonyl (C=O) groups excluding carboxylic acids is 1. The molecule has 10 heteroatoms. The molecule has 1 saturated heterocycles. The number of fused-ring (bicyclic) bond motifs is 1. The van der Waals surface area contributed by atoms with Crippen LogP contribution in [0, 0.1) is 0 Å². The highest BCUT2D eigenvalue weighted by Gasteiger charge is 2.21. The van der Waals surface area contributed by atoms with Crippen molar-refractivity contribution in [1.29, 1.82) is 0 Å². The van der Waals surface area contributed by atoms with E-state index in [9.17, 15) is 4.79 Å². The van der Waals surface area contributed by atoms with Crippen LogP contribution in [-0.2, 0) is 9.57 Å². The van der Waals surface area contributed by atoms with Crippen LogP contribution < -0.4 is 15.7 Å². The quantitative estimate of drug-likeness (QED) is 0.241. The minimum absolute atomic E-state index is 0.219. The van der Waals surface area contributed by atoms with E-state index in [0.717, 1.165) is 41.2 Å². The molecule has 10 nitrogen and oxygen atoms in total. The van der Waals surface area contributed by atoms with Gasteiger partial charge < -0.3 is 15.0 Å². The normalized spacial score (nSPS) is 13.5. The summed E-state index contributed by atoms with van der Waals surface area (Å²) in [6.45, 7) is 6.53. The predicted octanol–water partition coefficient (Wildman–Crippen LogP) is 3.56. The van der Waals surface area contributed by atoms with Crippen LogP contribution in [0.25, 0.3) is 28.1 Å². The number of nitrogens with one attached hydrogen (secondary N) is 2. The molecule has 1 fully saturated rings. The molecule has 5 rings (SSSR count). The van der Waals surface area contributed by atoms with Crippen LogP contribution in [0.5, 0.6) is 0 Å². The summed E-state index contributed by atoms with van der Waals surface area (Å²) in [6.07, 6.45) is 3.36. The van der Waals surface area contributed by atoms with Gasteiger partial charge in [0.2, 0.25) is 0 Å². The number of amides is 2. The summed E-state index contributed by atoms with van der Waals surface area (Å²) in [5.74, 6) is 1.40. The number of rotatable bonds is 7. The van der Waals surface area contributed by atoms with Crippen LogP contribution in [0.2, 0.25) is 0 Å². The maximum Gasteiger partial charge on any atom is 0.343 e. The van der Waals surface area contributed by atoms with Crippen LogP contribution in [-0.4, -0.2) is 58.7 Å². The Balaban J connectivity index is 1.49. The molecular formula is C25H25N7O3. The van der Waals surface area contributed by atoms with Crippen molar-refractivity contribution in [3.05, 3.63) is 73.4 Å². The molecule has 0 radical (unpaired) electrons. The van der Waals surface area contributed by atoms with Crippen LogP contribution in [0.1, 0.15) is 0 Å². The Morgan fingerprint density at radius 1 is 1.09 bits per heavy atom. The molecule has 0 unspecified atom stereocenters. The fourth-order valence-electron chi connectivity index (χ4n) is 3.82. The van der Waals surface area contributed by atoms with Crippen LogP contribution in [0.4, 0.5) is 16.3 Å². The lowest BCUT2D eigenvalue weighted by Crippen LogP contribution is -2.37. The number of urea groups is 1. The standard InChI is InChI=1S/C25H25N7O3/c1-2-14-35-30-25(33)27-19-10-8-18(9-11-19)22-28-23(31-12-15-34-16-13-31)21-17-26-32(24(21)29-22)20-6-4-3-5-7-20/h2-11,17H,1,12-16H2,(H2,27,30,33). The average Bonchev–Trinajstić information content (AvgIpc) is 3.34. The van der Waals surface area contributed by atoms with E-state index in [1.54, 1.807) is 18.2 Å². The summed E-state index contributed by atoms with van der Waals surface area (Å²) in [4.78, 5) is 28.9. The lowest BCUT2D eigenvalue weighted by atomic mass is 10.2. The fraction of sp³-hybridized carbons (Fsp3) is 0.200. The molecule has 1 aliphatic rings. The third-order valence-electron chi connectivity index (χ3n) is 5.49. The highest BCUT2D eigenvalue weighted by molar-refractivity contribution is 5.90. The number of nitrogens with zero attached hydrogens (tertiary/aromatic N) is 5. The van der Waals surface area contributed by atoms with E-state index in [-0.39, 0.29) is 6.61 Å². The van der Waals surface area contributed by atoms with Gasteiger partial charge in [-0.3, -0.25) is 4.84 Å². The number of anilines is 2. The van der Waals surface area contributed by atoms with Crippen molar-refractivity contribution in [3.8, 4) is 17.1 Å². The zero-order valence-electron chi connectivity index (χ0n) is 19.1. The molecule has 2 amide bonds. The number of aromatic nitrogens is 4. The average molecular weight is 472 g/mol. The van der Waals surface area contributed by atoms with Gasteiger partial charge in [0.25, 0.3) is 0 Å². The summed E-state index contributed by atoms with van der Waals surface area (Å²) in [5.41, 5.74) is 5.36. The van der Waals surface area contributed by atoms with E-state index < -0.39 is 6.03 Å². The smallest absolute Gasteiger partial charge is 0.343 e. The van der Waals surface area contributed by atoms with Crippen molar-refractivity contribution >= 4 is 28.6 Å². The van der Waals surface area contributed by atoms with Gasteiger partial charge in [-0.25, -0.2) is 24.9 Å². The SMILES string of the molecule is C=CCONC(=O)Nc1ccc(-c2nc(N3CCOCC3)c3cnn(-c4ccccc4)c3n2)cc1. The first-order chi connectivity index (χ1) is 17.2. The van der Waals surface area contributed by atoms with E-state index in [4.69, 9.17) is 19.5 Å². The van der Waals surface area contributed by atoms with Gasteiger partial charge >= 0.3 is 6.03 Å². The molecule has 4 aromatic rings. The number of benzene rings is 2. The second-order valence-electron chi connectivity index (χ2n) is 7.83. The van der Waals surface area contributed by atoms with Crippen molar-refractivity contribution in [1.82, 2.24) is 25.2 Å². The number of hydrogen-bond acceptors (Lipinski definition) is 7. The Hall–Kier alpha value is -4.28. The molecule has 1 aliphatic heterocycles. The maximum atomic E-state index is 11.9. The predicted molar refractivity (Wildman–Crippen MR) is 133 cm³/mol. The van der Waals surface area contributed by atoms with E-state index in [2.05, 4.69) is 27.4 Å². The summed E-state index contributed by atoms with van der Waals surface area (Å²) in [7, 11) is 0. The molecule has 2 aromatic carbocycles. The van der Waals surface area contributed by atoms with Crippen molar-refractivity contribution in [3.63, 3.8) is 0 Å². The molecule has 35 heavy (non-hydrogen) atoms. The summed E-state index contributed by atoms with van der Waals surface area (Å²) in [6, 6.07) is 16.7. The van der Waals surface area contributed by atoms with Crippen LogP contribution >= 0.6 is 0 Å². The Labute approximate surface area is 202 Å². The van der Waals surface area contributed by atoms with Gasteiger partial charge in [0.05, 0.1) is 37.1 Å². The zero-order valence-corrected chi connectivity index (χ0v) is 19.1. The highest BCUT2D eigenvalue weighted by Crippen LogP contribution is 2.30. The number of hydroxylamine groups is 1. The monoisotopic (exact) mass is 471 g/mol. The molecule has 0 spiro atoms. The van der Waals surface area contributed by atoms with Gasteiger partial charge in [0.1, 0.15) is 5.82 Å². The summed E-state index contributed by atoms with van der Waals surface area (Å²) >= 11 is 0. The van der Waals surface area contributed by atoms with Crippen molar-refractivity contribution in [2.45, 2.75) is 0 Å². The maximum absolute atomic E-state index is 11.9. The second-order valence-corrected chi connectivity index (χ2v) is 7.83. The van der Waals surface area contributed by atoms with Gasteiger partial charge in [-0.2, -0.15) is 5.10 Å². The van der Waals surface area contributed by atoms with E-state index in [1.165, 1.54) is 0 Å². The zero-order chi connectivity index (χ0) is 24.0. The van der Waals surface area contributed by atoms with Crippen LogP contribution in [0.15, 0.2) is 73.4 Å². The molecule has 0 saturated carbocycles. The number of para-hydroxylation sites is 1. The van der Waals surface area contributed by atoms with Gasteiger partial charge in [-0.1, -0.05) is 24.3 Å². The van der Waals surface area contributed by atoms with Gasteiger partial charge in [-0.15, -0.1) is 6.58 Å². The van der Waals surface area contributed by atoms with Crippen LogP contribution in [0.3, 0.4) is 0 Å². The highest BCUT2D eigenvalue weighted by atomic mass is 16.7. The minimum Gasteiger partial charge on any atom is -0.378 e. The number of hydrogen-bond donors (Lipinski definition) is 2. The largest absolute Gasteiger partial charge is 0.378 e. The minimum atomic E-state index is -0.473. The Morgan fingerprint density at radius 2 is 1.86 bits per heavy atom. The number of ether oxygens (including phenoxy) is 1. The van der Waals surface area contributed by atoms with Crippen molar-refractivity contribution in [2.75, 3.05) is 43.1 Å². The van der Waals surface area contributed by atoms with E-state index in [1.807, 2.05) is 53.3 Å². The Kier molecular flexibility index (Phi) is 6.64. The molecule has 3 heterocycles. The molecule has 0 bridgehead atoms. The second kappa shape index (κ2) is 10.3. The molecule has 0 aliphatic carbocycles. The van der Waals surface area contributed by atoms with Crippen molar-refractivity contribution < 1.29 is 14.4 Å². The van der Waals surface area contributed by atoms with Crippen molar-refractivity contribution in [2.24, 2.45) is 0 Å². The summed E-state index contributed by atoms with van der Waals surface area (Å²) < 4.78 is 7.37. The number of carbonyl (C=O) groups is 1. The third-order valence-corrected chi connectivity index (χ3v) is 5.49. The lowest BCUT2D eigenvalue weighted by molar-refractivity contribution is 0.0872. The first-order valence-corrected chi connectivity index (χ1v) is 11.3. The first kappa shape index (κ1) is 22.5. The topological polar surface area (TPSA) is 106 Å². The lowest BCUT2D eigenvalue weighted by Gasteiger charge is -2.28. The molecular weight excluding hydrogens is 446 g/mol. The first-order valence-electron chi connectivity index (χ1n) is 11.3. The molecule has 2 aromatic heterocycles. The van der Waals surface area contributed by atoms with Gasteiger partial charge in [-0.05, 0) is 36.4 Å². The summed E-state index contributed by atoms with van der Waals surface area (Å²) in [5, 5.41) is 8.21. The Morgan fingerprint density at radius 3 is 2.60 bits per heavy atom. The van der Waals surface area contributed by atoms with E-state index >= 15 is 0 Å². The molecule has 2 N–H and O–H groups in total. The van der Waals surface area contributed by atoms with Gasteiger partial charge in [0.15, 0.2) is 11.5 Å². The molecule has 0 atom stereocenters.